The fourth-order valence-corrected chi connectivity index (χ4v) is 5.95. The zero-order valence-corrected chi connectivity index (χ0v) is 22.3. The van der Waals surface area contributed by atoms with Crippen LogP contribution in [-0.4, -0.2) is 10.9 Å². The van der Waals surface area contributed by atoms with Crippen LogP contribution in [0.25, 0.3) is 10.2 Å². The quantitative estimate of drug-likeness (QED) is 0.290. The molecule has 194 valence electrons. The van der Waals surface area contributed by atoms with Gasteiger partial charge in [-0.3, -0.25) is 10.1 Å². The summed E-state index contributed by atoms with van der Waals surface area (Å²) in [6.45, 7) is 11.3. The second kappa shape index (κ2) is 8.72. The lowest BCUT2D eigenvalue weighted by Gasteiger charge is -2.42. The molecule has 0 fully saturated rings. The van der Waals surface area contributed by atoms with Crippen LogP contribution in [0.4, 0.5) is 18.3 Å². The number of aromatic nitrogens is 1. The number of halogens is 3. The van der Waals surface area contributed by atoms with Gasteiger partial charge in [-0.1, -0.05) is 51.2 Å². The van der Waals surface area contributed by atoms with Crippen molar-refractivity contribution in [2.75, 3.05) is 5.32 Å². The molecule has 1 aliphatic rings. The zero-order chi connectivity index (χ0) is 26.8. The number of nitrogens with one attached hydrogen (secondary N) is 1. The summed E-state index contributed by atoms with van der Waals surface area (Å²) in [4.78, 5) is 17.0. The van der Waals surface area contributed by atoms with Crippen LogP contribution in [0.2, 0.25) is 0 Å². The summed E-state index contributed by atoms with van der Waals surface area (Å²) in [5, 5.41) is 2.86. The van der Waals surface area contributed by atoms with Crippen molar-refractivity contribution in [1.29, 1.82) is 0 Å². The largest absolute Gasteiger partial charge is 0.456 e. The van der Waals surface area contributed by atoms with Gasteiger partial charge in [-0.15, -0.1) is 0 Å². The number of thiazole rings is 1. The number of hydrogen-bond donors (Lipinski definition) is 1. The molecule has 2 aromatic heterocycles. The van der Waals surface area contributed by atoms with E-state index in [2.05, 4.69) is 57.1 Å². The van der Waals surface area contributed by atoms with Crippen molar-refractivity contribution in [3.05, 3.63) is 81.8 Å². The molecule has 0 saturated carbocycles. The molecule has 0 aliphatic heterocycles. The minimum atomic E-state index is -4.44. The first-order valence-corrected chi connectivity index (χ1v) is 13.1. The maximum atomic E-state index is 13.0. The lowest BCUT2D eigenvalue weighted by Crippen LogP contribution is -2.34. The van der Waals surface area contributed by atoms with Gasteiger partial charge < -0.3 is 4.42 Å². The minimum Gasteiger partial charge on any atom is -0.456 e. The monoisotopic (exact) mass is 526 g/mol. The van der Waals surface area contributed by atoms with Gasteiger partial charge in [-0.25, -0.2) is 4.98 Å². The number of furan rings is 1. The van der Waals surface area contributed by atoms with Crippen molar-refractivity contribution in [3.8, 4) is 0 Å². The third-order valence-electron chi connectivity index (χ3n) is 7.50. The topological polar surface area (TPSA) is 55.1 Å². The van der Waals surface area contributed by atoms with Crippen LogP contribution < -0.4 is 5.32 Å². The number of aryl methyl sites for hydroxylation is 1. The molecule has 0 saturated heterocycles. The van der Waals surface area contributed by atoms with Crippen LogP contribution in [0.1, 0.15) is 84.7 Å². The summed E-state index contributed by atoms with van der Waals surface area (Å²) < 4.78 is 45.2. The number of rotatable bonds is 4. The fourth-order valence-electron chi connectivity index (χ4n) is 5.05. The molecule has 0 atom stereocenters. The Morgan fingerprint density at radius 1 is 1.03 bits per heavy atom. The van der Waals surface area contributed by atoms with Crippen molar-refractivity contribution in [1.82, 2.24) is 4.98 Å². The number of fused-ring (bicyclic) bond motifs is 2. The summed E-state index contributed by atoms with van der Waals surface area (Å²) in [5.74, 6) is 0.300. The molecule has 2 heterocycles. The van der Waals surface area contributed by atoms with Crippen LogP contribution in [0.3, 0.4) is 0 Å². The Morgan fingerprint density at radius 2 is 1.70 bits per heavy atom. The number of anilines is 1. The number of hydrogen-bond acceptors (Lipinski definition) is 4. The number of benzene rings is 2. The van der Waals surface area contributed by atoms with Gasteiger partial charge in [0.05, 0.1) is 15.8 Å². The number of alkyl halides is 3. The van der Waals surface area contributed by atoms with E-state index in [4.69, 9.17) is 4.42 Å². The van der Waals surface area contributed by atoms with Gasteiger partial charge in [0, 0.05) is 6.42 Å². The summed E-state index contributed by atoms with van der Waals surface area (Å²) >= 11 is 0.990. The van der Waals surface area contributed by atoms with E-state index < -0.39 is 17.6 Å². The second-order valence-corrected chi connectivity index (χ2v) is 12.2. The van der Waals surface area contributed by atoms with E-state index in [0.717, 1.165) is 41.9 Å². The van der Waals surface area contributed by atoms with E-state index in [1.54, 1.807) is 12.1 Å². The lowest BCUT2D eigenvalue weighted by molar-refractivity contribution is -0.137. The Labute approximate surface area is 217 Å². The predicted molar refractivity (Wildman–Crippen MR) is 141 cm³/mol. The Kier molecular flexibility index (Phi) is 6.01. The van der Waals surface area contributed by atoms with Crippen LogP contribution >= 0.6 is 11.3 Å². The average molecular weight is 527 g/mol. The van der Waals surface area contributed by atoms with Gasteiger partial charge in [0.1, 0.15) is 5.76 Å². The molecule has 0 bridgehead atoms. The first kappa shape index (κ1) is 25.5. The van der Waals surface area contributed by atoms with Crippen molar-refractivity contribution in [3.63, 3.8) is 0 Å². The summed E-state index contributed by atoms with van der Waals surface area (Å²) in [6.07, 6.45) is -1.59. The third kappa shape index (κ3) is 4.91. The van der Waals surface area contributed by atoms with E-state index >= 15 is 0 Å². The Balaban J connectivity index is 1.34. The fraction of sp³-hybridized carbons (Fsp3) is 0.379. The molecule has 0 radical (unpaired) electrons. The number of carbonyl (C=O) groups excluding carboxylic acids is 1. The predicted octanol–water partition coefficient (Wildman–Crippen LogP) is 8.41. The van der Waals surface area contributed by atoms with Gasteiger partial charge >= 0.3 is 6.18 Å². The number of carbonyl (C=O) groups is 1. The standard InChI is InChI=1S/C29H29F3N2O2S/c1-16-12-20-21(28(4,5)11-10-27(20,2)3)14-17(16)13-19-7-9-23(36-19)25(35)34-26-33-22-8-6-18(29(30,31)32)15-24(22)37-26/h6-9,12,14-15H,10-11,13H2,1-5H3,(H,33,34,35). The average Bonchev–Trinajstić information content (AvgIpc) is 3.43. The second-order valence-electron chi connectivity index (χ2n) is 11.2. The van der Waals surface area contributed by atoms with E-state index in [1.165, 1.54) is 22.8 Å². The van der Waals surface area contributed by atoms with Crippen LogP contribution in [0.5, 0.6) is 0 Å². The minimum absolute atomic E-state index is 0.0969. The van der Waals surface area contributed by atoms with E-state index in [-0.39, 0.29) is 21.7 Å². The number of amides is 1. The zero-order valence-electron chi connectivity index (χ0n) is 21.5. The van der Waals surface area contributed by atoms with Crippen LogP contribution in [0, 0.1) is 6.92 Å². The Hall–Kier alpha value is -3.13. The first-order valence-electron chi connectivity index (χ1n) is 12.3. The summed E-state index contributed by atoms with van der Waals surface area (Å²) in [5.41, 5.74) is 5.01. The first-order chi connectivity index (χ1) is 17.2. The van der Waals surface area contributed by atoms with Gasteiger partial charge in [-0.05, 0) is 83.2 Å². The van der Waals surface area contributed by atoms with Crippen molar-refractivity contribution >= 4 is 32.6 Å². The molecule has 2 aromatic carbocycles. The maximum Gasteiger partial charge on any atom is 0.416 e. The molecule has 4 aromatic rings. The molecule has 37 heavy (non-hydrogen) atoms. The Morgan fingerprint density at radius 3 is 2.38 bits per heavy atom. The highest BCUT2D eigenvalue weighted by molar-refractivity contribution is 7.22. The summed E-state index contributed by atoms with van der Waals surface area (Å²) in [7, 11) is 0. The van der Waals surface area contributed by atoms with Crippen LogP contribution in [-0.2, 0) is 23.4 Å². The summed E-state index contributed by atoms with van der Waals surface area (Å²) in [6, 6.07) is 11.3. The van der Waals surface area contributed by atoms with Crippen molar-refractivity contribution in [2.45, 2.75) is 70.9 Å². The van der Waals surface area contributed by atoms with Crippen molar-refractivity contribution in [2.24, 2.45) is 0 Å². The van der Waals surface area contributed by atoms with Gasteiger partial charge in [0.15, 0.2) is 10.9 Å². The molecule has 8 heteroatoms. The Bertz CT molecular complexity index is 1510. The molecule has 0 unspecified atom stereocenters. The maximum absolute atomic E-state index is 13.0. The SMILES string of the molecule is Cc1cc2c(cc1Cc1ccc(C(=O)Nc3nc4ccc(C(F)(F)F)cc4s3)o1)C(C)(C)CCC2(C)C. The molecule has 1 aliphatic carbocycles. The van der Waals surface area contributed by atoms with Gasteiger partial charge in [0.2, 0.25) is 0 Å². The molecular weight excluding hydrogens is 497 g/mol. The van der Waals surface area contributed by atoms with E-state index in [1.807, 2.05) is 0 Å². The highest BCUT2D eigenvalue weighted by Gasteiger charge is 2.37. The molecular formula is C29H29F3N2O2S. The normalized spacial score (nSPS) is 16.5. The smallest absolute Gasteiger partial charge is 0.416 e. The molecule has 5 rings (SSSR count). The lowest BCUT2D eigenvalue weighted by atomic mass is 9.62. The van der Waals surface area contributed by atoms with Crippen LogP contribution in [0.15, 0.2) is 46.9 Å². The highest BCUT2D eigenvalue weighted by atomic mass is 32.1. The third-order valence-corrected chi connectivity index (χ3v) is 8.43. The molecule has 1 N–H and O–H groups in total. The molecule has 0 spiro atoms. The molecule has 4 nitrogen and oxygen atoms in total. The van der Waals surface area contributed by atoms with Gasteiger partial charge in [-0.2, -0.15) is 13.2 Å². The molecule has 1 amide bonds. The van der Waals surface area contributed by atoms with Crippen molar-refractivity contribution < 1.29 is 22.4 Å². The number of nitrogens with zero attached hydrogens (tertiary/aromatic N) is 1. The highest BCUT2D eigenvalue weighted by Crippen LogP contribution is 2.46. The van der Waals surface area contributed by atoms with E-state index in [9.17, 15) is 18.0 Å². The van der Waals surface area contributed by atoms with E-state index in [0.29, 0.717) is 22.4 Å². The van der Waals surface area contributed by atoms with Gasteiger partial charge in [0.25, 0.3) is 5.91 Å².